The number of hydrogen-bond acceptors (Lipinski definition) is 5. The van der Waals surface area contributed by atoms with Gasteiger partial charge in [0.25, 0.3) is 20.0 Å². The second-order valence-corrected chi connectivity index (χ2v) is 11.0. The number of carbonyl (C=O) groups is 1. The van der Waals surface area contributed by atoms with Crippen molar-refractivity contribution >= 4 is 54.6 Å². The van der Waals surface area contributed by atoms with Crippen molar-refractivity contribution in [2.45, 2.75) is 23.1 Å². The van der Waals surface area contributed by atoms with Crippen molar-refractivity contribution in [3.63, 3.8) is 0 Å². The topological polar surface area (TPSA) is 121 Å². The molecule has 3 N–H and O–H groups in total. The van der Waals surface area contributed by atoms with Crippen LogP contribution in [0, 0.1) is 6.92 Å². The number of sulfonamides is 2. The van der Waals surface area contributed by atoms with Gasteiger partial charge in [-0.25, -0.2) is 16.8 Å². The van der Waals surface area contributed by atoms with E-state index < -0.39 is 20.0 Å². The number of carbonyl (C=O) groups excluding carboxylic acids is 1. The summed E-state index contributed by atoms with van der Waals surface area (Å²) < 4.78 is 56.4. The third-order valence-corrected chi connectivity index (χ3v) is 8.08. The van der Waals surface area contributed by atoms with Gasteiger partial charge in [0, 0.05) is 5.69 Å². The van der Waals surface area contributed by atoms with E-state index in [-0.39, 0.29) is 38.5 Å². The van der Waals surface area contributed by atoms with Crippen molar-refractivity contribution in [3.05, 3.63) is 76.8 Å². The maximum atomic E-state index is 12.9. The van der Waals surface area contributed by atoms with Gasteiger partial charge >= 0.3 is 0 Å². The lowest BCUT2D eigenvalue weighted by Gasteiger charge is -2.14. The number of anilines is 3. The molecular formula is C21H18ClN3O5S2. The highest BCUT2D eigenvalue weighted by atomic mass is 35.5. The van der Waals surface area contributed by atoms with E-state index in [2.05, 4.69) is 14.8 Å². The van der Waals surface area contributed by atoms with Crippen LogP contribution < -0.4 is 14.8 Å². The molecule has 0 spiro atoms. The number of rotatable bonds is 6. The zero-order valence-electron chi connectivity index (χ0n) is 16.7. The van der Waals surface area contributed by atoms with E-state index in [1.165, 1.54) is 42.5 Å². The second-order valence-electron chi connectivity index (χ2n) is 7.22. The van der Waals surface area contributed by atoms with Crippen LogP contribution in [0.5, 0.6) is 0 Å². The Hall–Kier alpha value is -3.08. The van der Waals surface area contributed by atoms with E-state index in [4.69, 9.17) is 11.6 Å². The first kappa shape index (κ1) is 22.1. The number of nitrogens with one attached hydrogen (secondary N) is 3. The van der Waals surface area contributed by atoms with Crippen molar-refractivity contribution < 1.29 is 21.6 Å². The minimum absolute atomic E-state index is 0.0353. The predicted octanol–water partition coefficient (Wildman–Crippen LogP) is 3.74. The van der Waals surface area contributed by atoms with Crippen LogP contribution in [-0.2, 0) is 31.3 Å². The summed E-state index contributed by atoms with van der Waals surface area (Å²) in [6.07, 6.45) is 0.0966. The summed E-state index contributed by atoms with van der Waals surface area (Å²) in [6, 6.07) is 14.9. The average molecular weight is 492 g/mol. The Balaban J connectivity index is 1.64. The van der Waals surface area contributed by atoms with Crippen LogP contribution in [0.25, 0.3) is 0 Å². The van der Waals surface area contributed by atoms with Gasteiger partial charge in [-0.1, -0.05) is 29.8 Å². The predicted molar refractivity (Wildman–Crippen MR) is 123 cm³/mol. The minimum Gasteiger partial charge on any atom is -0.326 e. The van der Waals surface area contributed by atoms with Gasteiger partial charge < -0.3 is 5.32 Å². The molecule has 1 aliphatic rings. The van der Waals surface area contributed by atoms with Crippen molar-refractivity contribution in [3.8, 4) is 0 Å². The van der Waals surface area contributed by atoms with E-state index >= 15 is 0 Å². The van der Waals surface area contributed by atoms with Gasteiger partial charge in [0.2, 0.25) is 5.91 Å². The maximum Gasteiger partial charge on any atom is 0.262 e. The van der Waals surface area contributed by atoms with E-state index in [1.807, 2.05) is 0 Å². The van der Waals surface area contributed by atoms with Crippen LogP contribution in [0.4, 0.5) is 17.1 Å². The van der Waals surface area contributed by atoms with Crippen LogP contribution in [0.15, 0.2) is 70.5 Å². The Labute approximate surface area is 190 Å². The van der Waals surface area contributed by atoms with Crippen LogP contribution in [0.1, 0.15) is 11.1 Å². The molecule has 11 heteroatoms. The molecule has 4 rings (SSSR count). The number of aryl methyl sites for hydroxylation is 1. The lowest BCUT2D eigenvalue weighted by Crippen LogP contribution is -2.17. The lowest BCUT2D eigenvalue weighted by atomic mass is 10.2. The number of benzene rings is 3. The maximum absolute atomic E-state index is 12.9. The Morgan fingerprint density at radius 1 is 0.906 bits per heavy atom. The number of para-hydroxylation sites is 1. The van der Waals surface area contributed by atoms with Gasteiger partial charge in [-0.15, -0.1) is 0 Å². The zero-order valence-corrected chi connectivity index (χ0v) is 19.1. The molecule has 0 unspecified atom stereocenters. The second kappa shape index (κ2) is 8.12. The number of halogens is 1. The van der Waals surface area contributed by atoms with Gasteiger partial charge in [-0.05, 0) is 60.5 Å². The van der Waals surface area contributed by atoms with Crippen LogP contribution >= 0.6 is 11.6 Å². The van der Waals surface area contributed by atoms with Gasteiger partial charge in [0.1, 0.15) is 0 Å². The molecule has 1 amide bonds. The van der Waals surface area contributed by atoms with Crippen LogP contribution in [-0.4, -0.2) is 22.7 Å². The van der Waals surface area contributed by atoms with Crippen LogP contribution in [0.3, 0.4) is 0 Å². The molecule has 0 bridgehead atoms. The van der Waals surface area contributed by atoms with Crippen molar-refractivity contribution in [2.24, 2.45) is 0 Å². The van der Waals surface area contributed by atoms with E-state index in [0.717, 1.165) is 0 Å². The molecule has 0 saturated carbocycles. The lowest BCUT2D eigenvalue weighted by molar-refractivity contribution is -0.115. The van der Waals surface area contributed by atoms with Gasteiger partial charge in [-0.2, -0.15) is 0 Å². The fourth-order valence-electron chi connectivity index (χ4n) is 3.28. The zero-order chi connectivity index (χ0) is 23.1. The van der Waals surface area contributed by atoms with Crippen molar-refractivity contribution in [1.82, 2.24) is 0 Å². The molecule has 0 aliphatic carbocycles. The summed E-state index contributed by atoms with van der Waals surface area (Å²) in [4.78, 5) is 11.4. The molecule has 3 aromatic carbocycles. The first-order valence-corrected chi connectivity index (χ1v) is 12.7. The van der Waals surface area contributed by atoms with Gasteiger partial charge in [-0.3, -0.25) is 14.2 Å². The Bertz CT molecular complexity index is 1450. The highest BCUT2D eigenvalue weighted by molar-refractivity contribution is 7.93. The summed E-state index contributed by atoms with van der Waals surface area (Å²) in [5.74, 6) is -0.207. The van der Waals surface area contributed by atoms with E-state index in [1.54, 1.807) is 25.1 Å². The third kappa shape index (κ3) is 4.43. The average Bonchev–Trinajstić information content (AvgIpc) is 3.10. The molecule has 3 aromatic rings. The molecular weight excluding hydrogens is 474 g/mol. The number of hydrogen-bond donors (Lipinski definition) is 3. The summed E-state index contributed by atoms with van der Waals surface area (Å²) >= 11 is 6.05. The fraction of sp³-hybridized carbons (Fsp3) is 0.0952. The Kier molecular flexibility index (Phi) is 5.61. The summed E-state index contributed by atoms with van der Waals surface area (Å²) in [5.41, 5.74) is 1.86. The highest BCUT2D eigenvalue weighted by Gasteiger charge is 2.23. The van der Waals surface area contributed by atoms with E-state index in [9.17, 15) is 21.6 Å². The van der Waals surface area contributed by atoms with Crippen molar-refractivity contribution in [2.75, 3.05) is 14.8 Å². The first-order valence-electron chi connectivity index (χ1n) is 9.39. The number of fused-ring (bicyclic) bond motifs is 1. The quantitative estimate of drug-likeness (QED) is 0.485. The first-order chi connectivity index (χ1) is 15.0. The summed E-state index contributed by atoms with van der Waals surface area (Å²) in [6.45, 7) is 1.60. The molecule has 0 aromatic heterocycles. The highest BCUT2D eigenvalue weighted by Crippen LogP contribution is 2.29. The fourth-order valence-corrected chi connectivity index (χ4v) is 5.97. The van der Waals surface area contributed by atoms with Crippen LogP contribution in [0.2, 0.25) is 5.02 Å². The molecule has 0 saturated heterocycles. The molecule has 0 radical (unpaired) electrons. The molecule has 8 nitrogen and oxygen atoms in total. The largest absolute Gasteiger partial charge is 0.326 e. The third-order valence-electron chi connectivity index (χ3n) is 4.86. The standard InChI is InChI=1S/C21H18ClN3O5S2/c1-13-6-7-15(12-20(13)32(29,30)25-19-5-3-2-4-17(19)22)24-31(27,28)16-8-9-18-14(10-16)11-21(26)23-18/h2-10,12,24-25H,11H2,1H3,(H,23,26). The van der Waals surface area contributed by atoms with Gasteiger partial charge in [0.15, 0.2) is 0 Å². The summed E-state index contributed by atoms with van der Waals surface area (Å²) in [5, 5.41) is 2.87. The molecule has 166 valence electrons. The molecule has 1 aliphatic heterocycles. The Morgan fingerprint density at radius 2 is 1.66 bits per heavy atom. The van der Waals surface area contributed by atoms with Crippen molar-refractivity contribution in [1.29, 1.82) is 0 Å². The normalized spacial score (nSPS) is 13.4. The van der Waals surface area contributed by atoms with Gasteiger partial charge in [0.05, 0.1) is 32.6 Å². The molecule has 0 atom stereocenters. The monoisotopic (exact) mass is 491 g/mol. The number of amides is 1. The summed E-state index contributed by atoms with van der Waals surface area (Å²) in [7, 11) is -8.06. The molecule has 32 heavy (non-hydrogen) atoms. The SMILES string of the molecule is Cc1ccc(NS(=O)(=O)c2ccc3c(c2)CC(=O)N3)cc1S(=O)(=O)Nc1ccccc1Cl. The Morgan fingerprint density at radius 3 is 2.41 bits per heavy atom. The minimum atomic E-state index is -4.04. The molecule has 1 heterocycles. The van der Waals surface area contributed by atoms with E-state index in [0.29, 0.717) is 16.8 Å². The molecule has 0 fully saturated rings. The smallest absolute Gasteiger partial charge is 0.262 e.